The maximum Gasteiger partial charge on any atom is 0.212 e. The lowest BCUT2D eigenvalue weighted by molar-refractivity contribution is 0.188. The quantitative estimate of drug-likeness (QED) is 0.768. The van der Waals surface area contributed by atoms with Gasteiger partial charge in [-0.1, -0.05) is 6.92 Å². The zero-order chi connectivity index (χ0) is 12.5. The molecule has 17 heavy (non-hydrogen) atoms. The highest BCUT2D eigenvalue weighted by atomic mass is 32.2. The maximum absolute atomic E-state index is 12.0. The van der Waals surface area contributed by atoms with Crippen LogP contribution in [0.1, 0.15) is 13.3 Å². The molecular weight excluding hydrogens is 240 g/mol. The molecule has 1 N–H and O–H groups in total. The second-order valence-electron chi connectivity index (χ2n) is 5.43. The van der Waals surface area contributed by atoms with Crippen LogP contribution in [0.5, 0.6) is 0 Å². The van der Waals surface area contributed by atoms with Gasteiger partial charge in [0, 0.05) is 25.7 Å². The minimum atomic E-state index is -3.16. The van der Waals surface area contributed by atoms with Crippen molar-refractivity contribution in [2.75, 3.05) is 39.1 Å². The summed E-state index contributed by atoms with van der Waals surface area (Å²) < 4.78 is 32.1. The zero-order valence-electron chi connectivity index (χ0n) is 10.6. The maximum atomic E-state index is 12.0. The first-order chi connectivity index (χ1) is 7.96. The van der Waals surface area contributed by atoms with Gasteiger partial charge >= 0.3 is 0 Å². The van der Waals surface area contributed by atoms with E-state index in [9.17, 15) is 8.42 Å². The first kappa shape index (κ1) is 13.3. The fraction of sp³-hybridized carbons (Fsp3) is 1.00. The third kappa shape index (κ3) is 3.64. The highest BCUT2D eigenvalue weighted by Gasteiger charge is 2.32. The lowest BCUT2D eigenvalue weighted by atomic mass is 10.1. The Labute approximate surface area is 104 Å². The number of sulfonamides is 1. The molecule has 2 aliphatic rings. The Hall–Kier alpha value is -0.170. The summed E-state index contributed by atoms with van der Waals surface area (Å²) >= 11 is 0. The van der Waals surface area contributed by atoms with E-state index in [1.54, 1.807) is 0 Å². The molecule has 0 amide bonds. The third-order valence-electron chi connectivity index (χ3n) is 3.60. The van der Waals surface area contributed by atoms with Crippen molar-refractivity contribution >= 4 is 10.0 Å². The number of nitrogens with one attached hydrogen (secondary N) is 1. The smallest absolute Gasteiger partial charge is 0.212 e. The minimum Gasteiger partial charge on any atom is -0.381 e. The summed E-state index contributed by atoms with van der Waals surface area (Å²) in [5, 5.41) is 0. The van der Waals surface area contributed by atoms with Gasteiger partial charge in [-0.2, -0.15) is 0 Å². The largest absolute Gasteiger partial charge is 0.381 e. The van der Waals surface area contributed by atoms with E-state index in [-0.39, 0.29) is 17.7 Å². The Bertz CT molecular complexity index is 352. The summed E-state index contributed by atoms with van der Waals surface area (Å²) in [5.74, 6) is 0.761. The number of likely N-dealkylation sites (tertiary alicyclic amines) is 1. The van der Waals surface area contributed by atoms with Crippen LogP contribution >= 0.6 is 0 Å². The molecule has 0 spiro atoms. The van der Waals surface area contributed by atoms with E-state index in [0.717, 1.165) is 19.5 Å². The molecule has 2 saturated heterocycles. The van der Waals surface area contributed by atoms with Crippen LogP contribution in [0.2, 0.25) is 0 Å². The summed E-state index contributed by atoms with van der Waals surface area (Å²) in [6, 6.07) is 0.0623. The van der Waals surface area contributed by atoms with Crippen molar-refractivity contribution in [3.63, 3.8) is 0 Å². The van der Waals surface area contributed by atoms with Crippen molar-refractivity contribution in [1.82, 2.24) is 9.62 Å². The molecule has 2 heterocycles. The van der Waals surface area contributed by atoms with Crippen molar-refractivity contribution < 1.29 is 13.2 Å². The van der Waals surface area contributed by atoms with Gasteiger partial charge in [0.25, 0.3) is 0 Å². The minimum absolute atomic E-state index is 0.0623. The highest BCUT2D eigenvalue weighted by molar-refractivity contribution is 7.89. The summed E-state index contributed by atoms with van der Waals surface area (Å²) in [6.45, 7) is 5.14. The van der Waals surface area contributed by atoms with E-state index in [1.165, 1.54) is 0 Å². The molecule has 0 radical (unpaired) electrons. The summed E-state index contributed by atoms with van der Waals surface area (Å²) in [4.78, 5) is 2.16. The number of hydrogen-bond donors (Lipinski definition) is 1. The molecule has 0 bridgehead atoms. The van der Waals surface area contributed by atoms with Crippen LogP contribution < -0.4 is 4.72 Å². The monoisotopic (exact) mass is 262 g/mol. The number of ether oxygens (including phenoxy) is 1. The van der Waals surface area contributed by atoms with Crippen LogP contribution in [0, 0.1) is 11.8 Å². The average molecular weight is 262 g/mol. The van der Waals surface area contributed by atoms with Gasteiger partial charge in [0.1, 0.15) is 0 Å². The average Bonchev–Trinajstić information content (AvgIpc) is 2.76. The van der Waals surface area contributed by atoms with Gasteiger partial charge < -0.3 is 9.64 Å². The Morgan fingerprint density at radius 1 is 1.41 bits per heavy atom. The molecule has 2 rings (SSSR count). The van der Waals surface area contributed by atoms with E-state index >= 15 is 0 Å². The van der Waals surface area contributed by atoms with Gasteiger partial charge in [-0.05, 0) is 25.3 Å². The van der Waals surface area contributed by atoms with Crippen molar-refractivity contribution in [3.8, 4) is 0 Å². The van der Waals surface area contributed by atoms with E-state index < -0.39 is 10.0 Å². The van der Waals surface area contributed by atoms with Crippen molar-refractivity contribution in [2.24, 2.45) is 11.8 Å². The molecule has 6 heteroatoms. The highest BCUT2D eigenvalue weighted by Crippen LogP contribution is 2.18. The molecule has 2 aliphatic heterocycles. The first-order valence-corrected chi connectivity index (χ1v) is 7.88. The molecule has 2 fully saturated rings. The first-order valence-electron chi connectivity index (χ1n) is 6.22. The van der Waals surface area contributed by atoms with Crippen molar-refractivity contribution in [3.05, 3.63) is 0 Å². The molecule has 0 aromatic carbocycles. The molecule has 3 unspecified atom stereocenters. The summed E-state index contributed by atoms with van der Waals surface area (Å²) in [7, 11) is -1.14. The fourth-order valence-corrected chi connectivity index (χ4v) is 4.41. The third-order valence-corrected chi connectivity index (χ3v) is 5.18. The van der Waals surface area contributed by atoms with Crippen molar-refractivity contribution in [2.45, 2.75) is 19.4 Å². The molecular formula is C11H22N2O3S. The fourth-order valence-electron chi connectivity index (χ4n) is 2.67. The Morgan fingerprint density at radius 2 is 2.18 bits per heavy atom. The Balaban J connectivity index is 1.88. The topological polar surface area (TPSA) is 58.6 Å². The lowest BCUT2D eigenvalue weighted by Crippen LogP contribution is -2.42. The number of rotatable bonds is 4. The molecule has 100 valence electrons. The number of likely N-dealkylation sites (N-methyl/N-ethyl adjacent to an activating group) is 1. The Morgan fingerprint density at radius 3 is 2.71 bits per heavy atom. The van der Waals surface area contributed by atoms with Gasteiger partial charge in [0.05, 0.1) is 12.4 Å². The van der Waals surface area contributed by atoms with Gasteiger partial charge in [0.15, 0.2) is 0 Å². The molecule has 0 aromatic heterocycles. The van der Waals surface area contributed by atoms with Crippen LogP contribution in [0.15, 0.2) is 0 Å². The normalized spacial score (nSPS) is 35.5. The van der Waals surface area contributed by atoms with Gasteiger partial charge in [-0.25, -0.2) is 13.1 Å². The van der Waals surface area contributed by atoms with E-state index in [1.807, 2.05) is 7.05 Å². The van der Waals surface area contributed by atoms with Crippen LogP contribution in [-0.4, -0.2) is 58.5 Å². The van der Waals surface area contributed by atoms with Gasteiger partial charge in [-0.15, -0.1) is 0 Å². The second kappa shape index (κ2) is 5.22. The molecule has 0 aliphatic carbocycles. The van der Waals surface area contributed by atoms with Gasteiger partial charge in [-0.3, -0.25) is 0 Å². The molecule has 3 atom stereocenters. The SMILES string of the molecule is CC1CN(C)CC1NS(=O)(=O)CC1CCOC1. The summed E-state index contributed by atoms with van der Waals surface area (Å²) in [6.07, 6.45) is 0.862. The molecule has 0 saturated carbocycles. The zero-order valence-corrected chi connectivity index (χ0v) is 11.4. The van der Waals surface area contributed by atoms with Crippen LogP contribution in [0.3, 0.4) is 0 Å². The second-order valence-corrected chi connectivity index (χ2v) is 7.23. The standard InChI is InChI=1S/C11H22N2O3S/c1-9-5-13(2)6-11(9)12-17(14,15)8-10-3-4-16-7-10/h9-12H,3-8H2,1-2H3. The van der Waals surface area contributed by atoms with E-state index in [4.69, 9.17) is 4.74 Å². The van der Waals surface area contributed by atoms with Crippen molar-refractivity contribution in [1.29, 1.82) is 0 Å². The summed E-state index contributed by atoms with van der Waals surface area (Å²) in [5.41, 5.74) is 0. The van der Waals surface area contributed by atoms with E-state index in [0.29, 0.717) is 19.1 Å². The Kier molecular flexibility index (Phi) is 4.07. The number of hydrogen-bond acceptors (Lipinski definition) is 4. The van der Waals surface area contributed by atoms with Gasteiger partial charge in [0.2, 0.25) is 10.0 Å². The van der Waals surface area contributed by atoms with Crippen LogP contribution in [0.4, 0.5) is 0 Å². The molecule has 0 aromatic rings. The van der Waals surface area contributed by atoms with E-state index in [2.05, 4.69) is 16.5 Å². The number of nitrogens with zero attached hydrogens (tertiary/aromatic N) is 1. The predicted octanol–water partition coefficient (Wildman–Crippen LogP) is -0.108. The lowest BCUT2D eigenvalue weighted by Gasteiger charge is -2.18. The molecule has 5 nitrogen and oxygen atoms in total. The predicted molar refractivity (Wildman–Crippen MR) is 66.3 cm³/mol. The van der Waals surface area contributed by atoms with Crippen LogP contribution in [0.25, 0.3) is 0 Å². The van der Waals surface area contributed by atoms with Crippen LogP contribution in [-0.2, 0) is 14.8 Å².